The van der Waals surface area contributed by atoms with Gasteiger partial charge in [-0.1, -0.05) is 35.4 Å². The maximum absolute atomic E-state index is 12.1. The molecule has 0 unspecified atom stereocenters. The van der Waals surface area contributed by atoms with Crippen LogP contribution in [0.4, 0.5) is 0 Å². The monoisotopic (exact) mass is 371 g/mol. The number of alkyl halides is 1. The Hall–Kier alpha value is -1.93. The third-order valence-electron chi connectivity index (χ3n) is 3.32. The van der Waals surface area contributed by atoms with Gasteiger partial charge in [0.05, 0.1) is 5.25 Å². The van der Waals surface area contributed by atoms with Crippen LogP contribution in [0.15, 0.2) is 40.0 Å². The quantitative estimate of drug-likeness (QED) is 0.745. The molecule has 1 aromatic carbocycles. The van der Waals surface area contributed by atoms with Crippen molar-refractivity contribution in [3.8, 4) is 0 Å². The minimum Gasteiger partial charge on any atom is -0.410 e. The van der Waals surface area contributed by atoms with Crippen molar-refractivity contribution in [1.29, 1.82) is 0 Å². The molecule has 2 aromatic rings. The highest BCUT2D eigenvalue weighted by atomic mass is 35.5. The minimum absolute atomic E-state index is 0.0246. The van der Waals surface area contributed by atoms with Crippen molar-refractivity contribution >= 4 is 27.3 Å². The molecule has 0 spiro atoms. The first-order chi connectivity index (χ1) is 11.3. The van der Waals surface area contributed by atoms with E-state index in [1.807, 2.05) is 30.3 Å². The zero-order valence-corrected chi connectivity index (χ0v) is 14.8. The molecule has 2 rings (SSSR count). The van der Waals surface area contributed by atoms with Gasteiger partial charge < -0.3 is 9.73 Å². The number of amides is 1. The van der Waals surface area contributed by atoms with Crippen molar-refractivity contribution in [1.82, 2.24) is 15.5 Å². The second-order valence-electron chi connectivity index (χ2n) is 5.44. The number of halogens is 1. The lowest BCUT2D eigenvalue weighted by Crippen LogP contribution is -2.31. The Bertz CT molecular complexity index is 790. The van der Waals surface area contributed by atoms with E-state index in [2.05, 4.69) is 15.5 Å². The van der Waals surface area contributed by atoms with Crippen molar-refractivity contribution in [2.75, 3.05) is 5.88 Å². The summed E-state index contributed by atoms with van der Waals surface area (Å²) in [5.41, 5.74) is 0.920. The lowest BCUT2D eigenvalue weighted by atomic mass is 10.1. The van der Waals surface area contributed by atoms with Gasteiger partial charge in [-0.25, -0.2) is 8.42 Å². The molecule has 0 aliphatic heterocycles. The smallest absolute Gasteiger partial charge is 0.335 e. The molecule has 0 radical (unpaired) electrons. The number of nitrogens with zero attached hydrogens (tertiary/aromatic N) is 2. The second kappa shape index (κ2) is 7.76. The summed E-state index contributed by atoms with van der Waals surface area (Å²) in [7, 11) is -3.68. The van der Waals surface area contributed by atoms with Gasteiger partial charge in [-0.15, -0.1) is 16.7 Å². The Morgan fingerprint density at radius 3 is 2.50 bits per heavy atom. The fourth-order valence-electron chi connectivity index (χ4n) is 1.96. The Labute approximate surface area is 145 Å². The van der Waals surface area contributed by atoms with Gasteiger partial charge in [0.2, 0.25) is 21.6 Å². The van der Waals surface area contributed by atoms with Gasteiger partial charge in [0, 0.05) is 6.42 Å². The molecule has 0 fully saturated rings. The molecule has 9 heteroatoms. The normalized spacial score (nSPS) is 13.0. The third-order valence-corrected chi connectivity index (χ3v) is 5.46. The SMILES string of the molecule is CC(C)S(=O)(=O)c1nnc([C@H](Cc2ccccc2)NC(=O)CCl)o1. The number of carbonyl (C=O) groups is 1. The van der Waals surface area contributed by atoms with Gasteiger partial charge in [-0.2, -0.15) is 0 Å². The van der Waals surface area contributed by atoms with Crippen LogP contribution in [0.25, 0.3) is 0 Å². The van der Waals surface area contributed by atoms with Crippen molar-refractivity contribution in [2.24, 2.45) is 0 Å². The van der Waals surface area contributed by atoms with Crippen molar-refractivity contribution < 1.29 is 17.6 Å². The van der Waals surface area contributed by atoms with E-state index in [0.717, 1.165) is 5.56 Å². The van der Waals surface area contributed by atoms with Gasteiger partial charge in [0.25, 0.3) is 0 Å². The number of benzene rings is 1. The summed E-state index contributed by atoms with van der Waals surface area (Å²) in [6.07, 6.45) is 0.368. The maximum Gasteiger partial charge on any atom is 0.335 e. The Morgan fingerprint density at radius 2 is 1.92 bits per heavy atom. The second-order valence-corrected chi connectivity index (χ2v) is 8.09. The van der Waals surface area contributed by atoms with Crippen LogP contribution in [0.2, 0.25) is 0 Å². The van der Waals surface area contributed by atoms with E-state index in [0.29, 0.717) is 6.42 Å². The molecule has 1 N–H and O–H groups in total. The molecule has 0 saturated carbocycles. The number of sulfone groups is 1. The zero-order chi connectivity index (χ0) is 17.7. The number of hydrogen-bond acceptors (Lipinski definition) is 6. The summed E-state index contributed by atoms with van der Waals surface area (Å²) in [6, 6.07) is 8.68. The summed E-state index contributed by atoms with van der Waals surface area (Å²) in [4.78, 5) is 11.6. The maximum atomic E-state index is 12.1. The summed E-state index contributed by atoms with van der Waals surface area (Å²) in [5, 5.41) is 8.94. The predicted octanol–water partition coefficient (Wildman–Crippen LogP) is 1.89. The van der Waals surface area contributed by atoms with E-state index >= 15 is 0 Å². The van der Waals surface area contributed by atoms with Crippen LogP contribution in [0.5, 0.6) is 0 Å². The number of carbonyl (C=O) groups excluding carboxylic acids is 1. The van der Waals surface area contributed by atoms with E-state index < -0.39 is 32.3 Å². The third kappa shape index (κ3) is 4.33. The first-order valence-electron chi connectivity index (χ1n) is 7.31. The zero-order valence-electron chi connectivity index (χ0n) is 13.3. The topological polar surface area (TPSA) is 102 Å². The van der Waals surface area contributed by atoms with Crippen LogP contribution in [0, 0.1) is 0 Å². The molecular formula is C15H18ClN3O4S. The first kappa shape index (κ1) is 18.4. The average Bonchev–Trinajstić information content (AvgIpc) is 3.05. The Balaban J connectivity index is 2.30. The van der Waals surface area contributed by atoms with E-state index in [1.54, 1.807) is 0 Å². The van der Waals surface area contributed by atoms with Gasteiger partial charge in [0.15, 0.2) is 0 Å². The van der Waals surface area contributed by atoms with Gasteiger partial charge in [-0.3, -0.25) is 4.79 Å². The molecule has 1 aromatic heterocycles. The highest BCUT2D eigenvalue weighted by Gasteiger charge is 2.29. The van der Waals surface area contributed by atoms with Crippen LogP contribution >= 0.6 is 11.6 Å². The lowest BCUT2D eigenvalue weighted by molar-refractivity contribution is -0.119. The molecule has 24 heavy (non-hydrogen) atoms. The van der Waals surface area contributed by atoms with Crippen LogP contribution < -0.4 is 5.32 Å². The molecule has 7 nitrogen and oxygen atoms in total. The molecule has 1 atom stereocenters. The molecule has 130 valence electrons. The van der Waals surface area contributed by atoms with Crippen molar-refractivity contribution in [3.63, 3.8) is 0 Å². The summed E-state index contributed by atoms with van der Waals surface area (Å²) >= 11 is 5.53. The van der Waals surface area contributed by atoms with Crippen LogP contribution in [0.1, 0.15) is 31.3 Å². The van der Waals surface area contributed by atoms with E-state index in [-0.39, 0.29) is 11.8 Å². The number of rotatable bonds is 7. The molecule has 0 aliphatic carbocycles. The Kier molecular flexibility index (Phi) is 5.95. The van der Waals surface area contributed by atoms with Crippen molar-refractivity contribution in [2.45, 2.75) is 36.8 Å². The van der Waals surface area contributed by atoms with Crippen LogP contribution in [0.3, 0.4) is 0 Å². The molecule has 0 bridgehead atoms. The van der Waals surface area contributed by atoms with E-state index in [1.165, 1.54) is 13.8 Å². The van der Waals surface area contributed by atoms with Crippen molar-refractivity contribution in [3.05, 3.63) is 41.8 Å². The van der Waals surface area contributed by atoms with E-state index in [9.17, 15) is 13.2 Å². The van der Waals surface area contributed by atoms with E-state index in [4.69, 9.17) is 16.0 Å². The lowest BCUT2D eigenvalue weighted by Gasteiger charge is -2.14. The standard InChI is InChI=1S/C15H18ClN3O4S/c1-10(2)24(21,22)15-19-18-14(23-15)12(17-13(20)9-16)8-11-6-4-3-5-7-11/h3-7,10,12H,8-9H2,1-2H3,(H,17,20)/t12-/m0/s1. The van der Waals surface area contributed by atoms with Crippen LogP contribution in [-0.2, 0) is 21.1 Å². The molecule has 1 heterocycles. The van der Waals surface area contributed by atoms with Crippen LogP contribution in [-0.4, -0.2) is 35.7 Å². The summed E-state index contributed by atoms with van der Waals surface area (Å²) < 4.78 is 29.5. The summed E-state index contributed by atoms with van der Waals surface area (Å²) in [6.45, 7) is 3.05. The predicted molar refractivity (Wildman–Crippen MR) is 88.4 cm³/mol. The molecule has 1 amide bonds. The molecule has 0 aliphatic rings. The largest absolute Gasteiger partial charge is 0.410 e. The summed E-state index contributed by atoms with van der Waals surface area (Å²) in [5.74, 6) is -0.614. The average molecular weight is 372 g/mol. The Morgan fingerprint density at radius 1 is 1.25 bits per heavy atom. The van der Waals surface area contributed by atoms with Gasteiger partial charge in [0.1, 0.15) is 11.9 Å². The highest BCUT2D eigenvalue weighted by Crippen LogP contribution is 2.21. The number of nitrogens with one attached hydrogen (secondary N) is 1. The molecular weight excluding hydrogens is 354 g/mol. The van der Waals surface area contributed by atoms with Gasteiger partial charge in [-0.05, 0) is 19.4 Å². The highest BCUT2D eigenvalue weighted by molar-refractivity contribution is 7.91. The fraction of sp³-hybridized carbons (Fsp3) is 0.400. The fourth-order valence-corrected chi connectivity index (χ4v) is 2.80. The minimum atomic E-state index is -3.68. The molecule has 0 saturated heterocycles. The van der Waals surface area contributed by atoms with Gasteiger partial charge >= 0.3 is 5.22 Å². The first-order valence-corrected chi connectivity index (χ1v) is 9.39. The number of hydrogen-bond donors (Lipinski definition) is 1. The number of aromatic nitrogens is 2.